The molecular formula is C27H32N2O2. The van der Waals surface area contributed by atoms with E-state index < -0.39 is 0 Å². The van der Waals surface area contributed by atoms with Crippen molar-refractivity contribution in [1.82, 2.24) is 4.90 Å². The Morgan fingerprint density at radius 1 is 0.839 bits per heavy atom. The Bertz CT molecular complexity index is 958. The van der Waals surface area contributed by atoms with Gasteiger partial charge in [-0.3, -0.25) is 9.69 Å². The molecule has 0 atom stereocenters. The maximum atomic E-state index is 12.7. The molecule has 3 aromatic carbocycles. The Balaban J connectivity index is 1.58. The van der Waals surface area contributed by atoms with Crippen LogP contribution in [0.2, 0.25) is 0 Å². The summed E-state index contributed by atoms with van der Waals surface area (Å²) in [5, 5.41) is 2.96. The third kappa shape index (κ3) is 6.43. The molecule has 3 aromatic rings. The number of hydrogen-bond acceptors (Lipinski definition) is 3. The maximum absolute atomic E-state index is 12.7. The van der Waals surface area contributed by atoms with Crippen molar-refractivity contribution in [3.05, 3.63) is 84.4 Å². The van der Waals surface area contributed by atoms with Crippen LogP contribution in [0.25, 0.3) is 11.1 Å². The van der Waals surface area contributed by atoms with Gasteiger partial charge >= 0.3 is 0 Å². The molecule has 1 N–H and O–H groups in total. The monoisotopic (exact) mass is 416 g/mol. The Morgan fingerprint density at radius 3 is 2.13 bits per heavy atom. The standard InChI is InChI=1S/C27H32N2O2/c1-20(2)29(21(3)4)17-18-31-26-12-8-11-25(19-26)28-27(30)24-15-13-23(14-16-24)22-9-6-5-7-10-22/h5-16,19-21H,17-18H2,1-4H3,(H,28,30). The molecule has 0 heterocycles. The van der Waals surface area contributed by atoms with Crippen molar-refractivity contribution in [2.24, 2.45) is 0 Å². The van der Waals surface area contributed by atoms with Crippen LogP contribution in [0.15, 0.2) is 78.9 Å². The molecular weight excluding hydrogens is 384 g/mol. The molecule has 0 saturated heterocycles. The molecule has 0 saturated carbocycles. The van der Waals surface area contributed by atoms with Gasteiger partial charge < -0.3 is 10.1 Å². The predicted octanol–water partition coefficient (Wildman–Crippen LogP) is 6.10. The smallest absolute Gasteiger partial charge is 0.255 e. The topological polar surface area (TPSA) is 41.6 Å². The van der Waals surface area contributed by atoms with Gasteiger partial charge in [-0.1, -0.05) is 48.5 Å². The van der Waals surface area contributed by atoms with E-state index in [9.17, 15) is 4.79 Å². The van der Waals surface area contributed by atoms with Gasteiger partial charge in [0.1, 0.15) is 12.4 Å². The summed E-state index contributed by atoms with van der Waals surface area (Å²) in [6.45, 7) is 10.3. The molecule has 0 radical (unpaired) electrons. The minimum atomic E-state index is -0.137. The van der Waals surface area contributed by atoms with Gasteiger partial charge in [-0.05, 0) is 63.1 Å². The Kier molecular flexibility index (Phi) is 7.85. The second-order valence-corrected chi connectivity index (χ2v) is 8.20. The zero-order valence-electron chi connectivity index (χ0n) is 18.8. The quantitative estimate of drug-likeness (QED) is 0.458. The van der Waals surface area contributed by atoms with E-state index in [2.05, 4.69) is 50.0 Å². The third-order valence-electron chi connectivity index (χ3n) is 5.29. The number of nitrogens with zero attached hydrogens (tertiary/aromatic N) is 1. The largest absolute Gasteiger partial charge is 0.492 e. The lowest BCUT2D eigenvalue weighted by Crippen LogP contribution is -2.39. The number of amides is 1. The zero-order valence-corrected chi connectivity index (χ0v) is 18.8. The van der Waals surface area contributed by atoms with Crippen LogP contribution in [0.1, 0.15) is 38.1 Å². The van der Waals surface area contributed by atoms with E-state index in [1.807, 2.05) is 66.7 Å². The lowest BCUT2D eigenvalue weighted by molar-refractivity contribution is 0.102. The van der Waals surface area contributed by atoms with Crippen LogP contribution in [0.5, 0.6) is 5.75 Å². The molecule has 0 aliphatic rings. The van der Waals surface area contributed by atoms with Gasteiger partial charge in [0.2, 0.25) is 0 Å². The summed E-state index contributed by atoms with van der Waals surface area (Å²) in [6, 6.07) is 26.3. The molecule has 4 nitrogen and oxygen atoms in total. The van der Waals surface area contributed by atoms with Crippen LogP contribution in [-0.2, 0) is 0 Å². The zero-order chi connectivity index (χ0) is 22.2. The van der Waals surface area contributed by atoms with E-state index in [0.29, 0.717) is 24.3 Å². The molecule has 0 bridgehead atoms. The highest BCUT2D eigenvalue weighted by atomic mass is 16.5. The average molecular weight is 417 g/mol. The number of hydrogen-bond donors (Lipinski definition) is 1. The van der Waals surface area contributed by atoms with Crippen molar-refractivity contribution in [2.75, 3.05) is 18.5 Å². The van der Waals surface area contributed by atoms with Crippen molar-refractivity contribution >= 4 is 11.6 Å². The summed E-state index contributed by atoms with van der Waals surface area (Å²) in [6.07, 6.45) is 0. The highest BCUT2D eigenvalue weighted by Gasteiger charge is 2.13. The van der Waals surface area contributed by atoms with Crippen molar-refractivity contribution in [3.63, 3.8) is 0 Å². The van der Waals surface area contributed by atoms with Crippen LogP contribution < -0.4 is 10.1 Å². The first-order chi connectivity index (χ1) is 14.9. The molecule has 0 spiro atoms. The molecule has 1 amide bonds. The summed E-state index contributed by atoms with van der Waals surface area (Å²) >= 11 is 0. The number of carbonyl (C=O) groups excluding carboxylic acids is 1. The third-order valence-corrected chi connectivity index (χ3v) is 5.29. The van der Waals surface area contributed by atoms with Gasteiger partial charge in [-0.2, -0.15) is 0 Å². The fourth-order valence-corrected chi connectivity index (χ4v) is 3.69. The normalized spacial score (nSPS) is 11.2. The SMILES string of the molecule is CC(C)N(CCOc1cccc(NC(=O)c2ccc(-c3ccccc3)cc2)c1)C(C)C. The van der Waals surface area contributed by atoms with E-state index in [0.717, 1.165) is 29.1 Å². The summed E-state index contributed by atoms with van der Waals surface area (Å²) in [5.74, 6) is 0.618. The second kappa shape index (κ2) is 10.8. The summed E-state index contributed by atoms with van der Waals surface area (Å²) < 4.78 is 5.94. The van der Waals surface area contributed by atoms with Crippen LogP contribution in [-0.4, -0.2) is 36.0 Å². The van der Waals surface area contributed by atoms with E-state index >= 15 is 0 Å². The predicted molar refractivity (Wildman–Crippen MR) is 129 cm³/mol. The Morgan fingerprint density at radius 2 is 1.48 bits per heavy atom. The minimum absolute atomic E-state index is 0.137. The number of ether oxygens (including phenoxy) is 1. The molecule has 0 fully saturated rings. The fourth-order valence-electron chi connectivity index (χ4n) is 3.69. The van der Waals surface area contributed by atoms with Crippen LogP contribution in [0, 0.1) is 0 Å². The lowest BCUT2D eigenvalue weighted by Gasteiger charge is -2.30. The second-order valence-electron chi connectivity index (χ2n) is 8.20. The summed E-state index contributed by atoms with van der Waals surface area (Å²) in [4.78, 5) is 15.1. The summed E-state index contributed by atoms with van der Waals surface area (Å²) in [7, 11) is 0. The van der Waals surface area contributed by atoms with Gasteiger partial charge in [0, 0.05) is 35.9 Å². The van der Waals surface area contributed by atoms with Gasteiger partial charge in [0.15, 0.2) is 0 Å². The van der Waals surface area contributed by atoms with Crippen LogP contribution >= 0.6 is 0 Å². The lowest BCUT2D eigenvalue weighted by atomic mass is 10.0. The van der Waals surface area contributed by atoms with E-state index in [-0.39, 0.29) is 5.91 Å². The van der Waals surface area contributed by atoms with Crippen molar-refractivity contribution in [1.29, 1.82) is 0 Å². The highest BCUT2D eigenvalue weighted by molar-refractivity contribution is 6.04. The number of anilines is 1. The van der Waals surface area contributed by atoms with Gasteiger partial charge in [-0.15, -0.1) is 0 Å². The van der Waals surface area contributed by atoms with Gasteiger partial charge in [0.25, 0.3) is 5.91 Å². The van der Waals surface area contributed by atoms with Crippen molar-refractivity contribution < 1.29 is 9.53 Å². The molecule has 3 rings (SSSR count). The molecule has 0 aliphatic heterocycles. The van der Waals surface area contributed by atoms with E-state index in [4.69, 9.17) is 4.74 Å². The van der Waals surface area contributed by atoms with Crippen LogP contribution in [0.3, 0.4) is 0 Å². The van der Waals surface area contributed by atoms with E-state index in [1.165, 1.54) is 0 Å². The first-order valence-corrected chi connectivity index (χ1v) is 10.9. The number of carbonyl (C=O) groups is 1. The average Bonchev–Trinajstić information content (AvgIpc) is 2.77. The number of benzene rings is 3. The molecule has 31 heavy (non-hydrogen) atoms. The van der Waals surface area contributed by atoms with Crippen LogP contribution in [0.4, 0.5) is 5.69 Å². The molecule has 162 valence electrons. The maximum Gasteiger partial charge on any atom is 0.255 e. The first-order valence-electron chi connectivity index (χ1n) is 10.9. The van der Waals surface area contributed by atoms with Gasteiger partial charge in [0.05, 0.1) is 0 Å². The number of rotatable bonds is 9. The minimum Gasteiger partial charge on any atom is -0.492 e. The Hall–Kier alpha value is -3.11. The van der Waals surface area contributed by atoms with Crippen molar-refractivity contribution in [2.45, 2.75) is 39.8 Å². The van der Waals surface area contributed by atoms with E-state index in [1.54, 1.807) is 0 Å². The molecule has 0 aliphatic carbocycles. The fraction of sp³-hybridized carbons (Fsp3) is 0.296. The number of nitrogens with one attached hydrogen (secondary N) is 1. The van der Waals surface area contributed by atoms with Crippen molar-refractivity contribution in [3.8, 4) is 16.9 Å². The molecule has 0 unspecified atom stereocenters. The highest BCUT2D eigenvalue weighted by Crippen LogP contribution is 2.21. The molecule has 0 aromatic heterocycles. The first kappa shape index (κ1) is 22.6. The molecule has 4 heteroatoms. The summed E-state index contributed by atoms with van der Waals surface area (Å²) in [5.41, 5.74) is 3.56. The Labute approximate surface area is 185 Å². The van der Waals surface area contributed by atoms with Gasteiger partial charge in [-0.25, -0.2) is 0 Å².